The molecule has 0 amide bonds. The summed E-state index contributed by atoms with van der Waals surface area (Å²) in [7, 11) is 2.02. The molecule has 4 heteroatoms. The number of hydrogen-bond acceptors (Lipinski definition) is 2. The van der Waals surface area contributed by atoms with E-state index in [0.717, 1.165) is 28.4 Å². The van der Waals surface area contributed by atoms with E-state index >= 15 is 0 Å². The second-order valence-corrected chi connectivity index (χ2v) is 6.75. The van der Waals surface area contributed by atoms with Crippen LogP contribution >= 0.6 is 15.9 Å². The lowest BCUT2D eigenvalue weighted by Crippen LogP contribution is -2.47. The van der Waals surface area contributed by atoms with Crippen LogP contribution in [-0.4, -0.2) is 15.3 Å². The van der Waals surface area contributed by atoms with Gasteiger partial charge in [-0.3, -0.25) is 4.68 Å². The Balaban J connectivity index is 1.87. The summed E-state index contributed by atoms with van der Waals surface area (Å²) in [5.41, 5.74) is 9.01. The molecule has 1 aromatic heterocycles. The maximum absolute atomic E-state index is 6.66. The highest BCUT2D eigenvalue weighted by molar-refractivity contribution is 9.10. The molecule has 2 bridgehead atoms. The largest absolute Gasteiger partial charge is 0.324 e. The molecule has 2 N–H and O–H groups in total. The van der Waals surface area contributed by atoms with Crippen molar-refractivity contribution in [2.45, 2.75) is 44.6 Å². The van der Waals surface area contributed by atoms with Crippen molar-refractivity contribution in [3.63, 3.8) is 0 Å². The number of aromatic nitrogens is 2. The molecule has 0 spiro atoms. The van der Waals surface area contributed by atoms with Gasteiger partial charge in [-0.25, -0.2) is 0 Å². The second kappa shape index (κ2) is 3.82. The van der Waals surface area contributed by atoms with E-state index in [4.69, 9.17) is 5.73 Å². The molecule has 0 aromatic carbocycles. The average Bonchev–Trinajstić information content (AvgIpc) is 2.89. The van der Waals surface area contributed by atoms with E-state index in [0.29, 0.717) is 0 Å². The minimum absolute atomic E-state index is 0.0195. The maximum Gasteiger partial charge on any atom is 0.0738 e. The van der Waals surface area contributed by atoms with Gasteiger partial charge in [0.1, 0.15) is 0 Å². The fourth-order valence-corrected chi connectivity index (χ4v) is 4.36. The molecule has 2 aliphatic carbocycles. The molecule has 17 heavy (non-hydrogen) atoms. The lowest BCUT2D eigenvalue weighted by atomic mass is 9.78. The molecule has 0 radical (unpaired) electrons. The first-order chi connectivity index (χ1) is 7.99. The predicted octanol–water partition coefficient (Wildman–Crippen LogP) is 2.55. The van der Waals surface area contributed by atoms with Gasteiger partial charge in [-0.2, -0.15) is 5.10 Å². The number of halogens is 1. The van der Waals surface area contributed by atoms with Crippen LogP contribution < -0.4 is 5.73 Å². The van der Waals surface area contributed by atoms with Gasteiger partial charge in [0.05, 0.1) is 15.9 Å². The van der Waals surface area contributed by atoms with Crippen molar-refractivity contribution in [2.75, 3.05) is 0 Å². The van der Waals surface area contributed by atoms with Crippen molar-refractivity contribution in [1.82, 2.24) is 9.78 Å². The number of nitrogens with two attached hydrogens (primary N) is 1. The molecule has 3 rings (SSSR count). The molecular formula is C13H20BrN3. The van der Waals surface area contributed by atoms with E-state index in [1.54, 1.807) is 0 Å². The summed E-state index contributed by atoms with van der Waals surface area (Å²) < 4.78 is 3.13. The Morgan fingerprint density at radius 2 is 2.29 bits per heavy atom. The Bertz CT molecular complexity index is 454. The van der Waals surface area contributed by atoms with Crippen molar-refractivity contribution in [2.24, 2.45) is 24.6 Å². The zero-order valence-electron chi connectivity index (χ0n) is 10.5. The van der Waals surface area contributed by atoms with Crippen LogP contribution in [0.3, 0.4) is 0 Å². The molecule has 2 aliphatic rings. The van der Waals surface area contributed by atoms with Gasteiger partial charge in [0.15, 0.2) is 0 Å². The number of fused-ring (bicyclic) bond motifs is 2. The van der Waals surface area contributed by atoms with Crippen LogP contribution in [-0.2, 0) is 13.5 Å². The van der Waals surface area contributed by atoms with Gasteiger partial charge >= 0.3 is 0 Å². The van der Waals surface area contributed by atoms with Gasteiger partial charge in [0, 0.05) is 19.0 Å². The molecule has 3 unspecified atom stereocenters. The van der Waals surface area contributed by atoms with Crippen molar-refractivity contribution in [3.8, 4) is 0 Å². The van der Waals surface area contributed by atoms with Crippen molar-refractivity contribution >= 4 is 15.9 Å². The standard InChI is InChI=1S/C13H20BrN3/c1-8-12(14)11(17(2)16-8)7-13(15)6-9-3-4-10(13)5-9/h9-10H,3-7,15H2,1-2H3. The summed E-state index contributed by atoms with van der Waals surface area (Å²) in [5.74, 6) is 1.62. The lowest BCUT2D eigenvalue weighted by Gasteiger charge is -2.34. The molecule has 3 nitrogen and oxygen atoms in total. The topological polar surface area (TPSA) is 43.8 Å². The van der Waals surface area contributed by atoms with Gasteiger partial charge in [-0.05, 0) is 54.0 Å². The van der Waals surface area contributed by atoms with Crippen molar-refractivity contribution in [1.29, 1.82) is 0 Å². The van der Waals surface area contributed by atoms with E-state index in [1.165, 1.54) is 31.4 Å². The molecule has 0 aliphatic heterocycles. The normalized spacial score (nSPS) is 35.8. The van der Waals surface area contributed by atoms with Crippen LogP contribution in [0.5, 0.6) is 0 Å². The number of nitrogens with zero attached hydrogens (tertiary/aromatic N) is 2. The van der Waals surface area contributed by atoms with Gasteiger partial charge < -0.3 is 5.73 Å². The summed E-state index contributed by atoms with van der Waals surface area (Å²) in [6.07, 6.45) is 6.25. The number of hydrogen-bond donors (Lipinski definition) is 1. The van der Waals surface area contributed by atoms with E-state index in [9.17, 15) is 0 Å². The minimum atomic E-state index is 0.0195. The third kappa shape index (κ3) is 1.76. The smallest absolute Gasteiger partial charge is 0.0738 e. The fraction of sp³-hybridized carbons (Fsp3) is 0.769. The minimum Gasteiger partial charge on any atom is -0.324 e. The molecular weight excluding hydrogens is 278 g/mol. The highest BCUT2D eigenvalue weighted by atomic mass is 79.9. The molecule has 3 atom stereocenters. The van der Waals surface area contributed by atoms with Crippen LogP contribution in [0.1, 0.15) is 37.1 Å². The summed E-state index contributed by atoms with van der Waals surface area (Å²) in [6.45, 7) is 2.04. The van der Waals surface area contributed by atoms with Crippen LogP contribution in [0.25, 0.3) is 0 Å². The van der Waals surface area contributed by atoms with Gasteiger partial charge in [-0.1, -0.05) is 6.42 Å². The van der Waals surface area contributed by atoms with Gasteiger partial charge in [0.25, 0.3) is 0 Å². The zero-order chi connectivity index (χ0) is 12.2. The Morgan fingerprint density at radius 1 is 1.53 bits per heavy atom. The van der Waals surface area contributed by atoms with Crippen LogP contribution in [0.4, 0.5) is 0 Å². The van der Waals surface area contributed by atoms with Crippen LogP contribution in [0.2, 0.25) is 0 Å². The second-order valence-electron chi connectivity index (χ2n) is 5.96. The summed E-state index contributed by atoms with van der Waals surface area (Å²) in [4.78, 5) is 0. The van der Waals surface area contributed by atoms with Gasteiger partial charge in [-0.15, -0.1) is 0 Å². The fourth-order valence-electron chi connectivity index (χ4n) is 3.89. The first kappa shape index (κ1) is 11.7. The van der Waals surface area contributed by atoms with E-state index in [-0.39, 0.29) is 5.54 Å². The van der Waals surface area contributed by atoms with E-state index in [2.05, 4.69) is 21.0 Å². The highest BCUT2D eigenvalue weighted by Crippen LogP contribution is 2.51. The molecule has 1 heterocycles. The van der Waals surface area contributed by atoms with E-state index in [1.807, 2.05) is 18.7 Å². The lowest BCUT2D eigenvalue weighted by molar-refractivity contribution is 0.264. The van der Waals surface area contributed by atoms with Crippen LogP contribution in [0.15, 0.2) is 4.47 Å². The Kier molecular flexibility index (Phi) is 2.63. The predicted molar refractivity (Wildman–Crippen MR) is 71.7 cm³/mol. The van der Waals surface area contributed by atoms with Crippen molar-refractivity contribution < 1.29 is 0 Å². The van der Waals surface area contributed by atoms with Crippen LogP contribution in [0, 0.1) is 18.8 Å². The number of aryl methyl sites for hydroxylation is 2. The quantitative estimate of drug-likeness (QED) is 0.912. The van der Waals surface area contributed by atoms with E-state index < -0.39 is 0 Å². The van der Waals surface area contributed by atoms with Crippen molar-refractivity contribution in [3.05, 3.63) is 15.9 Å². The monoisotopic (exact) mass is 297 g/mol. The summed E-state index contributed by atoms with van der Waals surface area (Å²) >= 11 is 3.65. The van der Waals surface area contributed by atoms with Gasteiger partial charge in [0.2, 0.25) is 0 Å². The third-order valence-electron chi connectivity index (χ3n) is 4.78. The average molecular weight is 298 g/mol. The highest BCUT2D eigenvalue weighted by Gasteiger charge is 2.48. The number of rotatable bonds is 2. The SMILES string of the molecule is Cc1nn(C)c(CC2(N)CC3CCC2C3)c1Br. The molecule has 1 aromatic rings. The Hall–Kier alpha value is -0.350. The zero-order valence-corrected chi connectivity index (χ0v) is 12.1. The maximum atomic E-state index is 6.66. The molecule has 2 saturated carbocycles. The third-order valence-corrected chi connectivity index (χ3v) is 5.81. The Labute approximate surface area is 111 Å². The summed E-state index contributed by atoms with van der Waals surface area (Å²) in [6, 6.07) is 0. The molecule has 94 valence electrons. The molecule has 0 saturated heterocycles. The Morgan fingerprint density at radius 3 is 2.76 bits per heavy atom. The summed E-state index contributed by atoms with van der Waals surface area (Å²) in [5, 5.41) is 4.46. The first-order valence-electron chi connectivity index (χ1n) is 6.46. The molecule has 2 fully saturated rings. The first-order valence-corrected chi connectivity index (χ1v) is 7.26.